The van der Waals surface area contributed by atoms with Crippen LogP contribution in [0.5, 0.6) is 11.5 Å². The highest BCUT2D eigenvalue weighted by molar-refractivity contribution is 7.17. The van der Waals surface area contributed by atoms with Gasteiger partial charge in [0.25, 0.3) is 0 Å². The van der Waals surface area contributed by atoms with E-state index in [-0.39, 0.29) is 35.0 Å². The molecule has 0 aliphatic carbocycles. The van der Waals surface area contributed by atoms with Crippen LogP contribution < -0.4 is 14.8 Å². The number of halogens is 1. The molecule has 38 heavy (non-hydrogen) atoms. The monoisotopic (exact) mass is 539 g/mol. The first-order chi connectivity index (χ1) is 18.4. The Morgan fingerprint density at radius 3 is 2.76 bits per heavy atom. The molecular weight excluding hydrogens is 517 g/mol. The van der Waals surface area contributed by atoms with Crippen molar-refractivity contribution in [3.63, 3.8) is 0 Å². The normalized spacial score (nSPS) is 10.7. The molecule has 4 aromatic rings. The fraction of sp³-hybridized carbons (Fsp3) is 0.240. The van der Waals surface area contributed by atoms with Crippen molar-refractivity contribution in [1.29, 1.82) is 5.26 Å². The fourth-order valence-corrected chi connectivity index (χ4v) is 4.76. The first kappa shape index (κ1) is 26.4. The van der Waals surface area contributed by atoms with Gasteiger partial charge in [-0.25, -0.2) is 23.9 Å². The van der Waals surface area contributed by atoms with Crippen LogP contribution in [0.1, 0.15) is 22.3 Å². The zero-order chi connectivity index (χ0) is 27.2. The third kappa shape index (κ3) is 5.50. The van der Waals surface area contributed by atoms with Gasteiger partial charge in [0.05, 0.1) is 29.8 Å². The van der Waals surface area contributed by atoms with Gasteiger partial charge in [0.1, 0.15) is 41.2 Å². The molecule has 0 aliphatic rings. The van der Waals surface area contributed by atoms with Crippen molar-refractivity contribution in [2.45, 2.75) is 13.5 Å². The number of hydrogen-bond acceptors (Lipinski definition) is 10. The lowest BCUT2D eigenvalue weighted by atomic mass is 10.2. The van der Waals surface area contributed by atoms with Crippen LogP contribution in [0.25, 0.3) is 21.5 Å². The Morgan fingerprint density at radius 1 is 1.24 bits per heavy atom. The number of nitrogens with zero attached hydrogens (tertiary/aromatic N) is 4. The molecule has 0 fully saturated rings. The van der Waals surface area contributed by atoms with E-state index in [1.165, 1.54) is 25.6 Å². The van der Waals surface area contributed by atoms with Crippen LogP contribution in [0.4, 0.5) is 10.2 Å². The van der Waals surface area contributed by atoms with Crippen molar-refractivity contribution in [1.82, 2.24) is 14.5 Å². The number of nitriles is 1. The molecule has 0 saturated heterocycles. The number of rotatable bonds is 11. The molecule has 0 radical (unpaired) electrons. The minimum Gasteiger partial charge on any atom is -0.496 e. The van der Waals surface area contributed by atoms with Gasteiger partial charge in [-0.2, -0.15) is 5.26 Å². The lowest BCUT2D eigenvalue weighted by Gasteiger charge is -2.11. The zero-order valence-electron chi connectivity index (χ0n) is 20.4. The molecule has 3 heterocycles. The van der Waals surface area contributed by atoms with Crippen LogP contribution in [0.3, 0.4) is 0 Å². The van der Waals surface area contributed by atoms with Gasteiger partial charge in [-0.05, 0) is 25.1 Å². The van der Waals surface area contributed by atoms with Gasteiger partial charge in [0.2, 0.25) is 0 Å². The third-order valence-corrected chi connectivity index (χ3v) is 6.49. The van der Waals surface area contributed by atoms with Crippen LogP contribution >= 0.6 is 11.3 Å². The molecule has 13 heteroatoms. The lowest BCUT2D eigenvalue weighted by molar-refractivity contribution is -0.140. The number of aliphatic carboxylic acids is 1. The lowest BCUT2D eigenvalue weighted by Crippen LogP contribution is -2.13. The first-order valence-corrected chi connectivity index (χ1v) is 12.2. The Balaban J connectivity index is 1.53. The number of esters is 1. The van der Waals surface area contributed by atoms with Crippen LogP contribution in [-0.2, 0) is 16.1 Å². The predicted octanol–water partition coefficient (Wildman–Crippen LogP) is 3.93. The Bertz CT molecular complexity index is 1540. The van der Waals surface area contributed by atoms with Crippen LogP contribution in [0, 0.1) is 17.1 Å². The Morgan fingerprint density at radius 2 is 2.05 bits per heavy atom. The minimum absolute atomic E-state index is 0.122. The topological polar surface area (TPSA) is 149 Å². The number of methoxy groups -OCH3 is 1. The van der Waals surface area contributed by atoms with Gasteiger partial charge in [0, 0.05) is 30.6 Å². The summed E-state index contributed by atoms with van der Waals surface area (Å²) in [5.74, 6) is -1.35. The number of hydrogen-bond donors (Lipinski definition) is 2. The van der Waals surface area contributed by atoms with Gasteiger partial charge in [-0.3, -0.25) is 0 Å². The number of thiophene rings is 1. The van der Waals surface area contributed by atoms with Gasteiger partial charge >= 0.3 is 11.9 Å². The molecule has 2 N–H and O–H groups in total. The second-order valence-electron chi connectivity index (χ2n) is 7.73. The maximum Gasteiger partial charge on any atom is 0.352 e. The van der Waals surface area contributed by atoms with Crippen molar-refractivity contribution in [2.75, 3.05) is 32.2 Å². The average Bonchev–Trinajstić information content (AvgIpc) is 3.50. The van der Waals surface area contributed by atoms with E-state index in [1.54, 1.807) is 29.7 Å². The number of carbonyl (C=O) groups excluding carboxylic acids is 1. The summed E-state index contributed by atoms with van der Waals surface area (Å²) in [6.07, 6.45) is 1.34. The number of carboxylic acid groups (broad SMARTS) is 1. The van der Waals surface area contributed by atoms with Crippen molar-refractivity contribution in [2.24, 2.45) is 0 Å². The zero-order valence-corrected chi connectivity index (χ0v) is 21.2. The van der Waals surface area contributed by atoms with Gasteiger partial charge in [-0.1, -0.05) is 0 Å². The maximum atomic E-state index is 14.6. The van der Waals surface area contributed by atoms with Crippen molar-refractivity contribution in [3.05, 3.63) is 53.0 Å². The molecule has 0 spiro atoms. The predicted molar refractivity (Wildman–Crippen MR) is 136 cm³/mol. The highest BCUT2D eigenvalue weighted by atomic mass is 32.1. The molecule has 196 valence electrons. The van der Waals surface area contributed by atoms with E-state index < -0.39 is 24.4 Å². The largest absolute Gasteiger partial charge is 0.496 e. The molecule has 0 amide bonds. The van der Waals surface area contributed by atoms with Gasteiger partial charge in [-0.15, -0.1) is 11.3 Å². The number of benzene rings is 1. The van der Waals surface area contributed by atoms with Gasteiger partial charge < -0.3 is 29.2 Å². The second kappa shape index (κ2) is 11.6. The smallest absolute Gasteiger partial charge is 0.352 e. The van der Waals surface area contributed by atoms with Crippen molar-refractivity contribution in [3.8, 4) is 28.1 Å². The summed E-state index contributed by atoms with van der Waals surface area (Å²) < 4.78 is 31.8. The summed E-state index contributed by atoms with van der Waals surface area (Å²) in [6.45, 7) is 1.86. The maximum absolute atomic E-state index is 14.6. The summed E-state index contributed by atoms with van der Waals surface area (Å²) in [5.41, 5.74) is 1.05. The number of aromatic nitrogens is 3. The second-order valence-corrected chi connectivity index (χ2v) is 8.78. The number of anilines is 1. The van der Waals surface area contributed by atoms with Crippen LogP contribution in [-0.4, -0.2) is 58.4 Å². The summed E-state index contributed by atoms with van der Waals surface area (Å²) >= 11 is 1.05. The number of carbonyl (C=O) groups is 2. The highest BCUT2D eigenvalue weighted by Gasteiger charge is 2.21. The van der Waals surface area contributed by atoms with Crippen molar-refractivity contribution < 1.29 is 33.3 Å². The molecule has 1 aromatic carbocycles. The molecule has 3 aromatic heterocycles. The van der Waals surface area contributed by atoms with Crippen molar-refractivity contribution >= 4 is 40.0 Å². The first-order valence-electron chi connectivity index (χ1n) is 11.3. The fourth-order valence-electron chi connectivity index (χ4n) is 3.80. The van der Waals surface area contributed by atoms with Crippen LogP contribution in [0.2, 0.25) is 0 Å². The summed E-state index contributed by atoms with van der Waals surface area (Å²) in [6, 6.07) is 9.78. The third-order valence-electron chi connectivity index (χ3n) is 5.38. The van der Waals surface area contributed by atoms with E-state index in [4.69, 9.17) is 19.3 Å². The number of fused-ring (bicyclic) bond motifs is 1. The summed E-state index contributed by atoms with van der Waals surface area (Å²) in [4.78, 5) is 32.3. The molecule has 0 saturated carbocycles. The number of ether oxygens (including phenoxy) is 3. The van der Waals surface area contributed by atoms with E-state index in [0.29, 0.717) is 34.1 Å². The molecule has 0 aliphatic heterocycles. The molecule has 0 unspecified atom stereocenters. The van der Waals surface area contributed by atoms with Gasteiger partial charge in [0.15, 0.2) is 11.5 Å². The molecule has 0 bridgehead atoms. The SMILES string of the molecule is CCOc1cc(-c2cc(NCCn3c(C#N)cc4c(OC)ccc(F)c43)ncn2)sc1C(=O)OCC(=O)O. The number of carboxylic acids is 1. The van der Waals surface area contributed by atoms with E-state index >= 15 is 0 Å². The quantitative estimate of drug-likeness (QED) is 0.269. The standard InChI is InChI=1S/C25H22FN5O6S/c1-3-36-19-10-20(38-24(19)25(34)37-12-22(32)33)17-9-21(30-13-29-17)28-6-7-31-14(11-27)8-15-18(35-2)5-4-16(26)23(15)31/h4-5,8-10,13H,3,6-7,12H2,1-2H3,(H,32,33)(H,28,29,30). The number of nitrogens with one attached hydrogen (secondary N) is 1. The molecular formula is C25H22FN5O6S. The van der Waals surface area contributed by atoms with E-state index in [0.717, 1.165) is 11.3 Å². The molecule has 0 atom stereocenters. The Kier molecular flexibility index (Phi) is 8.03. The molecule has 4 rings (SSSR count). The minimum atomic E-state index is -1.27. The Hall–Kier alpha value is -4.70. The summed E-state index contributed by atoms with van der Waals surface area (Å²) in [5, 5.41) is 22.0. The summed E-state index contributed by atoms with van der Waals surface area (Å²) in [7, 11) is 1.48. The van der Waals surface area contributed by atoms with E-state index in [1.807, 2.05) is 0 Å². The Labute approximate surface area is 220 Å². The highest BCUT2D eigenvalue weighted by Crippen LogP contribution is 2.36. The van der Waals surface area contributed by atoms with E-state index in [9.17, 15) is 19.2 Å². The average molecular weight is 540 g/mol. The van der Waals surface area contributed by atoms with Crippen LogP contribution in [0.15, 0.2) is 36.7 Å². The molecule has 11 nitrogen and oxygen atoms in total. The van der Waals surface area contributed by atoms with E-state index in [2.05, 4.69) is 21.4 Å².